The summed E-state index contributed by atoms with van der Waals surface area (Å²) in [7, 11) is 0. The van der Waals surface area contributed by atoms with Gasteiger partial charge in [-0.3, -0.25) is 9.59 Å². The van der Waals surface area contributed by atoms with E-state index in [2.05, 4.69) is 9.97 Å². The van der Waals surface area contributed by atoms with E-state index in [9.17, 15) is 9.59 Å². The van der Waals surface area contributed by atoms with E-state index in [0.29, 0.717) is 27.9 Å². The van der Waals surface area contributed by atoms with Gasteiger partial charge in [0.2, 0.25) is 0 Å². The number of halogens is 1. The number of thiophene rings is 1. The topological polar surface area (TPSA) is 72.0 Å². The highest BCUT2D eigenvalue weighted by Gasteiger charge is 2.60. The molecule has 2 heterocycles. The second kappa shape index (κ2) is 5.30. The number of aromatic nitrogens is 2. The highest BCUT2D eigenvalue weighted by Crippen LogP contribution is 2.64. The van der Waals surface area contributed by atoms with Gasteiger partial charge in [0.15, 0.2) is 0 Å². The molecule has 4 fully saturated rings. The molecule has 4 bridgehead atoms. The minimum Gasteiger partial charge on any atom is -0.457 e. The second-order valence-electron chi connectivity index (χ2n) is 8.12. The number of fused-ring (bicyclic) bond motifs is 1. The average molecular weight is 379 g/mol. The highest BCUT2D eigenvalue weighted by molar-refractivity contribution is 7.17. The molecule has 4 aliphatic rings. The van der Waals surface area contributed by atoms with Crippen molar-refractivity contribution in [3.05, 3.63) is 27.6 Å². The second-order valence-corrected chi connectivity index (χ2v) is 9.83. The number of alkyl halides is 1. The van der Waals surface area contributed by atoms with Crippen LogP contribution in [0.4, 0.5) is 0 Å². The summed E-state index contributed by atoms with van der Waals surface area (Å²) in [6.07, 6.45) is 5.77. The van der Waals surface area contributed by atoms with Gasteiger partial charge in [0.1, 0.15) is 17.1 Å². The molecule has 4 saturated carbocycles. The molecule has 0 radical (unpaired) electrons. The lowest BCUT2D eigenvalue weighted by Gasteiger charge is -2.58. The largest absolute Gasteiger partial charge is 0.457 e. The molecule has 0 amide bonds. The number of nitrogens with one attached hydrogen (secondary N) is 1. The number of esters is 1. The van der Waals surface area contributed by atoms with E-state index < -0.39 is 5.41 Å². The molecule has 0 spiro atoms. The number of rotatable bonds is 3. The summed E-state index contributed by atoms with van der Waals surface area (Å²) >= 11 is 8.15. The van der Waals surface area contributed by atoms with Crippen LogP contribution in [0.1, 0.15) is 44.3 Å². The van der Waals surface area contributed by atoms with Gasteiger partial charge in [-0.1, -0.05) is 0 Å². The Morgan fingerprint density at radius 2 is 2.12 bits per heavy atom. The monoisotopic (exact) mass is 378 g/mol. The number of carbonyl (C=O) groups is 1. The zero-order chi connectivity index (χ0) is 17.2. The van der Waals surface area contributed by atoms with E-state index in [1.165, 1.54) is 17.8 Å². The Morgan fingerprint density at radius 1 is 1.36 bits per heavy atom. The molecule has 0 aromatic carbocycles. The quantitative estimate of drug-likeness (QED) is 0.654. The summed E-state index contributed by atoms with van der Waals surface area (Å²) < 4.78 is 6.21. The van der Waals surface area contributed by atoms with E-state index in [0.717, 1.165) is 32.1 Å². The molecule has 0 saturated heterocycles. The van der Waals surface area contributed by atoms with Crippen molar-refractivity contribution in [1.82, 2.24) is 9.97 Å². The zero-order valence-corrected chi connectivity index (χ0v) is 15.3. The van der Waals surface area contributed by atoms with Crippen molar-refractivity contribution >= 4 is 39.1 Å². The first-order valence-electron chi connectivity index (χ1n) is 8.77. The van der Waals surface area contributed by atoms with Crippen molar-refractivity contribution < 1.29 is 9.53 Å². The van der Waals surface area contributed by atoms with Crippen molar-refractivity contribution in [2.45, 2.75) is 50.0 Å². The van der Waals surface area contributed by atoms with E-state index in [1.54, 1.807) is 6.07 Å². The molecule has 2 unspecified atom stereocenters. The van der Waals surface area contributed by atoms with Crippen molar-refractivity contribution in [3.63, 3.8) is 0 Å². The van der Waals surface area contributed by atoms with Crippen LogP contribution < -0.4 is 5.56 Å². The SMILES string of the molecule is O=C(OCc1nc2ccsc2c(=O)[nH]1)C12CC3CC(CC(Cl)(C3)C1)C2. The Hall–Kier alpha value is -1.40. The fraction of sp³-hybridized carbons (Fsp3) is 0.611. The van der Waals surface area contributed by atoms with Gasteiger partial charge in [0.25, 0.3) is 5.56 Å². The summed E-state index contributed by atoms with van der Waals surface area (Å²) in [4.78, 5) is 31.8. The summed E-state index contributed by atoms with van der Waals surface area (Å²) in [5.41, 5.74) is 0.0355. The summed E-state index contributed by atoms with van der Waals surface area (Å²) in [6.45, 7) is 0.00618. The number of carbonyl (C=O) groups excluding carboxylic acids is 1. The average Bonchev–Trinajstić information content (AvgIpc) is 2.99. The van der Waals surface area contributed by atoms with Gasteiger partial charge in [-0.2, -0.15) is 0 Å². The smallest absolute Gasteiger partial charge is 0.312 e. The third kappa shape index (κ3) is 2.53. The molecule has 0 aliphatic heterocycles. The zero-order valence-electron chi connectivity index (χ0n) is 13.7. The lowest BCUT2D eigenvalue weighted by atomic mass is 9.49. The maximum atomic E-state index is 12.9. The minimum absolute atomic E-state index is 0.00618. The Bertz CT molecular complexity index is 906. The number of nitrogens with zero attached hydrogens (tertiary/aromatic N) is 1. The van der Waals surface area contributed by atoms with Gasteiger partial charge in [-0.15, -0.1) is 22.9 Å². The molecule has 2 atom stereocenters. The summed E-state index contributed by atoms with van der Waals surface area (Å²) in [6, 6.07) is 1.80. The van der Waals surface area contributed by atoms with E-state index in [4.69, 9.17) is 16.3 Å². The van der Waals surface area contributed by atoms with Crippen LogP contribution in [-0.4, -0.2) is 20.8 Å². The predicted molar refractivity (Wildman–Crippen MR) is 95.7 cm³/mol. The normalized spacial score (nSPS) is 36.0. The number of aromatic amines is 1. The van der Waals surface area contributed by atoms with E-state index in [1.807, 2.05) is 5.38 Å². The lowest BCUT2D eigenvalue weighted by molar-refractivity contribution is -0.171. The first-order valence-corrected chi connectivity index (χ1v) is 10.0. The van der Waals surface area contributed by atoms with Crippen LogP contribution in [0.5, 0.6) is 0 Å². The van der Waals surface area contributed by atoms with Crippen LogP contribution in [0.2, 0.25) is 0 Å². The Morgan fingerprint density at radius 3 is 2.84 bits per heavy atom. The molecule has 4 aliphatic carbocycles. The molecule has 132 valence electrons. The third-order valence-corrected chi connectivity index (χ3v) is 7.47. The molecule has 7 heteroatoms. The lowest BCUT2D eigenvalue weighted by Crippen LogP contribution is -2.56. The maximum Gasteiger partial charge on any atom is 0.312 e. The van der Waals surface area contributed by atoms with Crippen LogP contribution in [0.3, 0.4) is 0 Å². The predicted octanol–water partition coefficient (Wildman–Crippen LogP) is 3.61. The molecular formula is C18H19ClN2O3S. The fourth-order valence-corrected chi connectivity index (χ4v) is 7.08. The Balaban J connectivity index is 1.36. The summed E-state index contributed by atoms with van der Waals surface area (Å²) in [5.74, 6) is 1.33. The first kappa shape index (κ1) is 15.8. The van der Waals surface area contributed by atoms with E-state index in [-0.39, 0.29) is 23.0 Å². The van der Waals surface area contributed by atoms with E-state index >= 15 is 0 Å². The van der Waals surface area contributed by atoms with Crippen LogP contribution in [-0.2, 0) is 16.1 Å². The fourth-order valence-electron chi connectivity index (χ4n) is 5.67. The van der Waals surface area contributed by atoms with Gasteiger partial charge >= 0.3 is 5.97 Å². The maximum absolute atomic E-state index is 12.9. The number of ether oxygens (including phenoxy) is 1. The third-order valence-electron chi connectivity index (χ3n) is 6.13. The molecule has 2 aromatic heterocycles. The molecule has 1 N–H and O–H groups in total. The van der Waals surface area contributed by atoms with Crippen LogP contribution in [0.15, 0.2) is 16.2 Å². The molecule has 2 aromatic rings. The Kier molecular flexibility index (Phi) is 3.36. The van der Waals surface area contributed by atoms with Gasteiger partial charge in [0.05, 0.1) is 10.9 Å². The summed E-state index contributed by atoms with van der Waals surface area (Å²) in [5, 5.41) is 1.83. The molecular weight excluding hydrogens is 360 g/mol. The van der Waals surface area contributed by atoms with Crippen molar-refractivity contribution in [2.24, 2.45) is 17.3 Å². The molecule has 6 rings (SSSR count). The molecule has 25 heavy (non-hydrogen) atoms. The van der Waals surface area contributed by atoms with Crippen LogP contribution in [0, 0.1) is 17.3 Å². The standard InChI is InChI=1S/C18H19ClN2O3S/c19-18-6-10-3-11(7-18)5-17(4-10,9-18)16(23)24-8-13-20-12-1-2-25-14(12)15(22)21-13/h1-2,10-11H,3-9H2,(H,20,21,22). The first-order chi connectivity index (χ1) is 11.9. The van der Waals surface area contributed by atoms with Crippen LogP contribution >= 0.6 is 22.9 Å². The highest BCUT2D eigenvalue weighted by atomic mass is 35.5. The van der Waals surface area contributed by atoms with Gasteiger partial charge in [-0.25, -0.2) is 4.98 Å². The molecule has 5 nitrogen and oxygen atoms in total. The van der Waals surface area contributed by atoms with Crippen molar-refractivity contribution in [2.75, 3.05) is 0 Å². The van der Waals surface area contributed by atoms with Crippen LogP contribution in [0.25, 0.3) is 10.2 Å². The number of hydrogen-bond acceptors (Lipinski definition) is 5. The van der Waals surface area contributed by atoms with Crippen molar-refractivity contribution in [1.29, 1.82) is 0 Å². The Labute approximate surface area is 153 Å². The van der Waals surface area contributed by atoms with Gasteiger partial charge in [0, 0.05) is 4.87 Å². The van der Waals surface area contributed by atoms with Gasteiger partial charge < -0.3 is 9.72 Å². The van der Waals surface area contributed by atoms with Crippen molar-refractivity contribution in [3.8, 4) is 0 Å². The number of H-pyrrole nitrogens is 1. The number of hydrogen-bond donors (Lipinski definition) is 1. The van der Waals surface area contributed by atoms with Gasteiger partial charge in [-0.05, 0) is 61.8 Å². The minimum atomic E-state index is -0.432.